The Kier molecular flexibility index (Phi) is 11.3. The first-order valence-corrected chi connectivity index (χ1v) is 24.8. The third-order valence-electron chi connectivity index (χ3n) is 14.7. The highest BCUT2D eigenvalue weighted by molar-refractivity contribution is 6.74. The Morgan fingerprint density at radius 3 is 2.19 bits per heavy atom. The highest BCUT2D eigenvalue weighted by Gasteiger charge is 2.62. The molecule has 270 valence electrons. The number of carbonyl (C=O) groups excluding carboxylic acids is 1. The molecule has 0 spiro atoms. The second kappa shape index (κ2) is 13.7. The average molecular weight is 689 g/mol. The van der Waals surface area contributed by atoms with Crippen LogP contribution in [-0.2, 0) is 18.3 Å². The first-order valence-electron chi connectivity index (χ1n) is 19.0. The number of rotatable bonds is 10. The first-order chi connectivity index (χ1) is 21.5. The van der Waals surface area contributed by atoms with E-state index in [1.807, 2.05) is 0 Å². The molecular formula is C40H72O5Si2. The van der Waals surface area contributed by atoms with Gasteiger partial charge in [-0.2, -0.15) is 0 Å². The van der Waals surface area contributed by atoms with Gasteiger partial charge in [0.15, 0.2) is 16.6 Å². The van der Waals surface area contributed by atoms with Crippen molar-refractivity contribution in [3.63, 3.8) is 0 Å². The summed E-state index contributed by atoms with van der Waals surface area (Å²) in [6.07, 6.45) is 18.3. The maximum Gasteiger partial charge on any atom is 0.508 e. The van der Waals surface area contributed by atoms with Crippen molar-refractivity contribution in [3.05, 3.63) is 23.8 Å². The molecule has 0 aromatic rings. The zero-order valence-corrected chi connectivity index (χ0v) is 34.9. The first kappa shape index (κ1) is 38.9. The second-order valence-electron chi connectivity index (χ2n) is 19.6. The Bertz CT molecular complexity index is 1180. The Morgan fingerprint density at radius 2 is 1.57 bits per heavy atom. The fraction of sp³-hybridized carbons (Fsp3) is 0.875. The van der Waals surface area contributed by atoms with E-state index in [0.29, 0.717) is 17.9 Å². The third kappa shape index (κ3) is 7.73. The molecule has 1 unspecified atom stereocenters. The van der Waals surface area contributed by atoms with Crippen LogP contribution in [0.5, 0.6) is 0 Å². The normalized spacial score (nSPS) is 34.6. The minimum absolute atomic E-state index is 0.129. The molecule has 4 aliphatic rings. The summed E-state index contributed by atoms with van der Waals surface area (Å²) >= 11 is 0. The third-order valence-corrected chi connectivity index (χ3v) is 23.8. The Morgan fingerprint density at radius 1 is 0.915 bits per heavy atom. The van der Waals surface area contributed by atoms with E-state index in [4.69, 9.17) is 18.3 Å². The van der Waals surface area contributed by atoms with Gasteiger partial charge in [-0.05, 0) is 142 Å². The van der Waals surface area contributed by atoms with Gasteiger partial charge in [0.05, 0.1) is 7.11 Å². The van der Waals surface area contributed by atoms with Gasteiger partial charge in [0.2, 0.25) is 0 Å². The lowest BCUT2D eigenvalue weighted by molar-refractivity contribution is -0.0964. The summed E-state index contributed by atoms with van der Waals surface area (Å²) in [5.41, 5.74) is 1.41. The lowest BCUT2D eigenvalue weighted by Crippen LogP contribution is -2.54. The average Bonchev–Trinajstić information content (AvgIpc) is 3.31. The number of carbonyl (C=O) groups is 1. The van der Waals surface area contributed by atoms with Crippen LogP contribution < -0.4 is 0 Å². The molecule has 0 aromatic carbocycles. The van der Waals surface area contributed by atoms with E-state index in [9.17, 15) is 4.79 Å². The largest absolute Gasteiger partial charge is 0.508 e. The van der Waals surface area contributed by atoms with Crippen LogP contribution >= 0.6 is 0 Å². The second-order valence-corrected chi connectivity index (χ2v) is 29.1. The van der Waals surface area contributed by atoms with Crippen molar-refractivity contribution < 1.29 is 23.1 Å². The van der Waals surface area contributed by atoms with Gasteiger partial charge in [0, 0.05) is 18.6 Å². The van der Waals surface area contributed by atoms with E-state index >= 15 is 0 Å². The molecular weight excluding hydrogens is 617 g/mol. The molecule has 4 rings (SSSR count). The lowest BCUT2D eigenvalue weighted by Gasteiger charge is -2.59. The van der Waals surface area contributed by atoms with Crippen LogP contribution in [0.4, 0.5) is 4.79 Å². The zero-order valence-electron chi connectivity index (χ0n) is 32.9. The minimum Gasteiger partial charge on any atom is -0.438 e. The van der Waals surface area contributed by atoms with E-state index in [2.05, 4.69) is 107 Å². The number of fused-ring (bicyclic) bond motifs is 5. The summed E-state index contributed by atoms with van der Waals surface area (Å²) in [5.74, 6) is 2.35. The Balaban J connectivity index is 1.47. The van der Waals surface area contributed by atoms with Crippen LogP contribution in [-0.4, -0.2) is 48.2 Å². The maximum atomic E-state index is 12.7. The molecule has 3 fully saturated rings. The lowest BCUT2D eigenvalue weighted by atomic mass is 9.46. The number of hydrogen-bond donors (Lipinski definition) is 0. The van der Waals surface area contributed by atoms with Crippen LogP contribution in [0.25, 0.3) is 0 Å². The monoisotopic (exact) mass is 688 g/mol. The van der Waals surface area contributed by atoms with Crippen molar-refractivity contribution in [2.45, 2.75) is 174 Å². The van der Waals surface area contributed by atoms with Gasteiger partial charge >= 0.3 is 6.16 Å². The van der Waals surface area contributed by atoms with Gasteiger partial charge in [-0.15, -0.1) is 0 Å². The number of allylic oxidation sites excluding steroid dienone is 2. The van der Waals surface area contributed by atoms with Crippen LogP contribution in [0.2, 0.25) is 36.3 Å². The molecule has 4 aliphatic carbocycles. The summed E-state index contributed by atoms with van der Waals surface area (Å²) in [4.78, 5) is 12.7. The number of methoxy groups -OCH3 is 1. The van der Waals surface area contributed by atoms with Crippen molar-refractivity contribution in [1.29, 1.82) is 0 Å². The van der Waals surface area contributed by atoms with Crippen molar-refractivity contribution in [2.24, 2.45) is 34.5 Å². The van der Waals surface area contributed by atoms with Crippen LogP contribution in [0, 0.1) is 34.5 Å². The molecule has 5 nitrogen and oxygen atoms in total. The van der Waals surface area contributed by atoms with Crippen LogP contribution in [0.15, 0.2) is 23.8 Å². The molecule has 0 radical (unpaired) electrons. The van der Waals surface area contributed by atoms with Crippen LogP contribution in [0.3, 0.4) is 0 Å². The van der Waals surface area contributed by atoms with E-state index in [-0.39, 0.29) is 26.8 Å². The molecule has 0 aromatic heterocycles. The molecule has 0 saturated heterocycles. The van der Waals surface area contributed by atoms with E-state index in [1.165, 1.54) is 45.6 Å². The SMILES string of the molecule is COC(=O)O[C@@](C)(/C=C\CCCO[Si](C)(C)C(C)(C)C)[C@H]1CC[C@H]2[C@@H]3CC=C4CC(O[Si](C)(C)C(C)(C)C)CC[C@]4(C)[C@H]3CC[C@@]21C. The van der Waals surface area contributed by atoms with Gasteiger partial charge in [-0.3, -0.25) is 0 Å². The maximum absolute atomic E-state index is 12.7. The molecule has 8 atom stereocenters. The molecule has 3 saturated carbocycles. The van der Waals surface area contributed by atoms with Gasteiger partial charge in [-0.1, -0.05) is 73.1 Å². The van der Waals surface area contributed by atoms with Gasteiger partial charge in [0.25, 0.3) is 0 Å². The fourth-order valence-electron chi connectivity index (χ4n) is 9.77. The van der Waals surface area contributed by atoms with Gasteiger partial charge < -0.3 is 18.3 Å². The van der Waals surface area contributed by atoms with Crippen molar-refractivity contribution in [1.82, 2.24) is 0 Å². The van der Waals surface area contributed by atoms with Gasteiger partial charge in [-0.25, -0.2) is 4.79 Å². The summed E-state index contributed by atoms with van der Waals surface area (Å²) < 4.78 is 24.7. The number of hydrogen-bond acceptors (Lipinski definition) is 5. The summed E-state index contributed by atoms with van der Waals surface area (Å²) in [7, 11) is -2.11. The fourth-order valence-corrected chi connectivity index (χ4v) is 12.2. The number of unbranched alkanes of at least 4 members (excludes halogenated alkanes) is 1. The van der Waals surface area contributed by atoms with Crippen molar-refractivity contribution in [3.8, 4) is 0 Å². The highest BCUT2D eigenvalue weighted by atomic mass is 28.4. The molecule has 0 N–H and O–H groups in total. The standard InChI is InChI=1S/C40H72O5Si2/c1-36(2,3)46(11,12)43-27-17-15-16-24-40(9,44-35(41)42-10)34-21-20-32-31-19-18-29-28-30(45-47(13,14)37(4,5)6)22-25-38(29,7)33(31)23-26-39(32,34)8/h16,18,24,30-34H,15,17,19-23,25-28H2,1-14H3/b24-16-/t30?,31-,32-,33-,34-,38-,39-,40-/m0/s1. The highest BCUT2D eigenvalue weighted by Crippen LogP contribution is 2.68. The van der Waals surface area contributed by atoms with E-state index in [1.54, 1.807) is 5.57 Å². The topological polar surface area (TPSA) is 54.0 Å². The summed E-state index contributed by atoms with van der Waals surface area (Å²) in [6.45, 7) is 31.4. The summed E-state index contributed by atoms with van der Waals surface area (Å²) in [6, 6.07) is 0. The molecule has 47 heavy (non-hydrogen) atoms. The minimum atomic E-state index is -1.79. The van der Waals surface area contributed by atoms with Crippen molar-refractivity contribution in [2.75, 3.05) is 13.7 Å². The Hall–Kier alpha value is -0.896. The Labute approximate surface area is 291 Å². The number of ether oxygens (including phenoxy) is 2. The van der Waals surface area contributed by atoms with E-state index < -0.39 is 28.4 Å². The van der Waals surface area contributed by atoms with E-state index in [0.717, 1.165) is 38.2 Å². The molecule has 0 heterocycles. The predicted molar refractivity (Wildman–Crippen MR) is 201 cm³/mol. The predicted octanol–water partition coefficient (Wildman–Crippen LogP) is 11.9. The zero-order chi connectivity index (χ0) is 35.3. The van der Waals surface area contributed by atoms with Crippen molar-refractivity contribution >= 4 is 22.8 Å². The van der Waals surface area contributed by atoms with Crippen LogP contribution in [0.1, 0.15) is 127 Å². The molecule has 0 amide bonds. The quantitative estimate of drug-likeness (QED) is 0.0989. The molecule has 7 heteroatoms. The van der Waals surface area contributed by atoms with Gasteiger partial charge in [0.1, 0.15) is 5.60 Å². The molecule has 0 bridgehead atoms. The molecule has 0 aliphatic heterocycles. The smallest absolute Gasteiger partial charge is 0.438 e. The summed E-state index contributed by atoms with van der Waals surface area (Å²) in [5, 5.41) is 0.460.